The maximum absolute atomic E-state index is 12.0. The van der Waals surface area contributed by atoms with Crippen LogP contribution in [0.1, 0.15) is 59.3 Å². The van der Waals surface area contributed by atoms with Crippen LogP contribution in [0, 0.1) is 11.8 Å². The smallest absolute Gasteiger partial charge is 0.306 e. The topological polar surface area (TPSA) is 63.6 Å². The summed E-state index contributed by atoms with van der Waals surface area (Å²) in [6.07, 6.45) is 7.86. The molecule has 0 amide bonds. The van der Waals surface area contributed by atoms with Crippen molar-refractivity contribution in [3.05, 3.63) is 12.2 Å². The van der Waals surface area contributed by atoms with E-state index in [4.69, 9.17) is 9.84 Å². The molecule has 0 aliphatic heterocycles. The number of hydrogen-bond acceptors (Lipinski definition) is 4. The molecule has 21 heavy (non-hydrogen) atoms. The molecular weight excluding hydrogens is 268 g/mol. The highest BCUT2D eigenvalue weighted by molar-refractivity contribution is 5.84. The number of aliphatic hydroxyl groups is 1. The average Bonchev–Trinajstić information content (AvgIpc) is 2.70. The van der Waals surface area contributed by atoms with Gasteiger partial charge in [-0.3, -0.25) is 9.59 Å². The fourth-order valence-corrected chi connectivity index (χ4v) is 2.84. The predicted molar refractivity (Wildman–Crippen MR) is 81.8 cm³/mol. The van der Waals surface area contributed by atoms with E-state index in [0.29, 0.717) is 19.3 Å². The zero-order valence-corrected chi connectivity index (χ0v) is 13.4. The molecule has 0 aromatic rings. The first-order valence-corrected chi connectivity index (χ1v) is 7.90. The summed E-state index contributed by atoms with van der Waals surface area (Å²) in [7, 11) is 0. The van der Waals surface area contributed by atoms with E-state index in [-0.39, 0.29) is 30.2 Å². The lowest BCUT2D eigenvalue weighted by Gasteiger charge is -2.25. The van der Waals surface area contributed by atoms with Crippen LogP contribution in [0.4, 0.5) is 0 Å². The molecule has 1 fully saturated rings. The Kier molecular flexibility index (Phi) is 7.09. The Morgan fingerprint density at radius 3 is 2.76 bits per heavy atom. The van der Waals surface area contributed by atoms with Crippen molar-refractivity contribution in [2.45, 2.75) is 64.9 Å². The molecule has 0 aromatic heterocycles. The predicted octanol–water partition coefficient (Wildman–Crippen LogP) is 3.03. The first kappa shape index (κ1) is 17.9. The van der Waals surface area contributed by atoms with Gasteiger partial charge in [-0.05, 0) is 39.0 Å². The molecule has 0 heterocycles. The molecule has 0 bridgehead atoms. The average molecular weight is 296 g/mol. The van der Waals surface area contributed by atoms with Crippen LogP contribution in [0.3, 0.4) is 0 Å². The second-order valence-corrected chi connectivity index (χ2v) is 6.40. The highest BCUT2D eigenvalue weighted by Crippen LogP contribution is 2.34. The van der Waals surface area contributed by atoms with Gasteiger partial charge >= 0.3 is 5.97 Å². The lowest BCUT2D eigenvalue weighted by Crippen LogP contribution is -2.30. The van der Waals surface area contributed by atoms with Gasteiger partial charge in [0.05, 0.1) is 0 Å². The summed E-state index contributed by atoms with van der Waals surface area (Å²) in [5.74, 6) is 0.0542. The number of ether oxygens (including phenoxy) is 1. The summed E-state index contributed by atoms with van der Waals surface area (Å²) in [5.41, 5.74) is -0.647. The second-order valence-electron chi connectivity index (χ2n) is 6.40. The number of Topliss-reactive ketones (excluding diaryl/α,β-unsaturated/α-hetero) is 1. The Morgan fingerprint density at radius 1 is 1.43 bits per heavy atom. The Hall–Kier alpha value is -1.16. The molecule has 2 atom stereocenters. The van der Waals surface area contributed by atoms with E-state index in [1.165, 1.54) is 0 Å². The lowest BCUT2D eigenvalue weighted by molar-refractivity contribution is -0.159. The minimum atomic E-state index is -0.647. The van der Waals surface area contributed by atoms with Crippen molar-refractivity contribution in [3.8, 4) is 0 Å². The third-order valence-corrected chi connectivity index (χ3v) is 4.07. The van der Waals surface area contributed by atoms with E-state index in [9.17, 15) is 9.59 Å². The maximum Gasteiger partial charge on any atom is 0.306 e. The van der Waals surface area contributed by atoms with Gasteiger partial charge in [-0.25, -0.2) is 0 Å². The van der Waals surface area contributed by atoms with Gasteiger partial charge in [0.15, 0.2) is 0 Å². The third-order valence-electron chi connectivity index (χ3n) is 4.07. The van der Waals surface area contributed by atoms with Gasteiger partial charge in [0.2, 0.25) is 0 Å². The summed E-state index contributed by atoms with van der Waals surface area (Å²) in [6.45, 7) is 5.64. The highest BCUT2D eigenvalue weighted by atomic mass is 16.6. The highest BCUT2D eigenvalue weighted by Gasteiger charge is 2.36. The summed E-state index contributed by atoms with van der Waals surface area (Å²) in [5, 5.41) is 8.95. The van der Waals surface area contributed by atoms with Crippen LogP contribution in [0.5, 0.6) is 0 Å². The first-order chi connectivity index (χ1) is 9.89. The van der Waals surface area contributed by atoms with Crippen LogP contribution in [0.2, 0.25) is 0 Å². The van der Waals surface area contributed by atoms with E-state index >= 15 is 0 Å². The molecule has 0 spiro atoms. The third kappa shape index (κ3) is 6.00. The fraction of sp³-hybridized carbons (Fsp3) is 0.765. The monoisotopic (exact) mass is 296 g/mol. The van der Waals surface area contributed by atoms with Gasteiger partial charge in [0.1, 0.15) is 11.4 Å². The maximum atomic E-state index is 12.0. The quantitative estimate of drug-likeness (QED) is 0.552. The van der Waals surface area contributed by atoms with Crippen molar-refractivity contribution >= 4 is 11.8 Å². The molecule has 4 heteroatoms. The second kappa shape index (κ2) is 8.32. The van der Waals surface area contributed by atoms with Crippen LogP contribution >= 0.6 is 0 Å². The molecule has 4 nitrogen and oxygen atoms in total. The minimum absolute atomic E-state index is 0.00731. The first-order valence-electron chi connectivity index (χ1n) is 7.90. The molecule has 1 rings (SSSR count). The Balaban J connectivity index is 2.53. The van der Waals surface area contributed by atoms with E-state index < -0.39 is 5.60 Å². The van der Waals surface area contributed by atoms with Crippen LogP contribution in [-0.2, 0) is 14.3 Å². The number of carbonyl (C=O) groups is 2. The van der Waals surface area contributed by atoms with Gasteiger partial charge in [0, 0.05) is 31.8 Å². The van der Waals surface area contributed by atoms with Crippen molar-refractivity contribution in [1.29, 1.82) is 0 Å². The van der Waals surface area contributed by atoms with Gasteiger partial charge < -0.3 is 9.84 Å². The zero-order valence-electron chi connectivity index (χ0n) is 13.4. The Morgan fingerprint density at radius 2 is 2.14 bits per heavy atom. The SMILES string of the molecule is CC/C=C\CC1C(=O)CCC1CC(=O)OC(C)(C)CCO. The van der Waals surface area contributed by atoms with E-state index in [0.717, 1.165) is 19.3 Å². The number of ketones is 1. The van der Waals surface area contributed by atoms with Gasteiger partial charge in [-0.15, -0.1) is 0 Å². The summed E-state index contributed by atoms with van der Waals surface area (Å²) >= 11 is 0. The van der Waals surface area contributed by atoms with Crippen molar-refractivity contribution < 1.29 is 19.4 Å². The molecule has 0 aromatic carbocycles. The van der Waals surface area contributed by atoms with Gasteiger partial charge in [0.25, 0.3) is 0 Å². The fourth-order valence-electron chi connectivity index (χ4n) is 2.84. The number of rotatable bonds is 8. The molecule has 0 saturated heterocycles. The van der Waals surface area contributed by atoms with Crippen molar-refractivity contribution in [2.75, 3.05) is 6.61 Å². The summed E-state index contributed by atoms with van der Waals surface area (Å²) in [4.78, 5) is 24.0. The summed E-state index contributed by atoms with van der Waals surface area (Å²) in [6, 6.07) is 0. The van der Waals surface area contributed by atoms with E-state index in [1.807, 2.05) is 6.08 Å². The zero-order chi connectivity index (χ0) is 15.9. The summed E-state index contributed by atoms with van der Waals surface area (Å²) < 4.78 is 5.42. The van der Waals surface area contributed by atoms with Crippen LogP contribution in [-0.4, -0.2) is 29.1 Å². The molecular formula is C17H28O4. The van der Waals surface area contributed by atoms with Crippen LogP contribution in [0.15, 0.2) is 12.2 Å². The molecule has 1 N–H and O–H groups in total. The van der Waals surface area contributed by atoms with Crippen LogP contribution < -0.4 is 0 Å². The molecule has 120 valence electrons. The number of carbonyl (C=O) groups excluding carboxylic acids is 2. The normalized spacial score (nSPS) is 23.0. The van der Waals surface area contributed by atoms with Gasteiger partial charge in [-0.2, -0.15) is 0 Å². The Labute approximate surface area is 127 Å². The van der Waals surface area contributed by atoms with E-state index in [2.05, 4.69) is 13.0 Å². The number of aliphatic hydroxyl groups excluding tert-OH is 1. The van der Waals surface area contributed by atoms with E-state index in [1.54, 1.807) is 13.8 Å². The lowest BCUT2D eigenvalue weighted by atomic mass is 9.89. The molecule has 1 aliphatic rings. The van der Waals surface area contributed by atoms with Crippen molar-refractivity contribution in [3.63, 3.8) is 0 Å². The van der Waals surface area contributed by atoms with Crippen molar-refractivity contribution in [1.82, 2.24) is 0 Å². The standard InChI is InChI=1S/C17H28O4/c1-4-5-6-7-14-13(8-9-15(14)19)12-16(20)21-17(2,3)10-11-18/h5-6,13-14,18H,4,7-12H2,1-3H3/b6-5-. The minimum Gasteiger partial charge on any atom is -0.460 e. The number of allylic oxidation sites excluding steroid dienone is 2. The molecule has 1 aliphatic carbocycles. The number of hydrogen-bond donors (Lipinski definition) is 1. The molecule has 1 saturated carbocycles. The van der Waals surface area contributed by atoms with Crippen LogP contribution in [0.25, 0.3) is 0 Å². The van der Waals surface area contributed by atoms with Crippen molar-refractivity contribution in [2.24, 2.45) is 11.8 Å². The Bertz CT molecular complexity index is 384. The molecule has 2 unspecified atom stereocenters. The van der Waals surface area contributed by atoms with Gasteiger partial charge in [-0.1, -0.05) is 19.1 Å². The largest absolute Gasteiger partial charge is 0.460 e. The molecule has 0 radical (unpaired) electrons. The number of esters is 1.